The molecule has 4 nitrogen and oxygen atoms in total. The van der Waals surface area contributed by atoms with Crippen molar-refractivity contribution in [1.82, 2.24) is 14.8 Å². The van der Waals surface area contributed by atoms with Gasteiger partial charge in [-0.1, -0.05) is 42.7 Å². The zero-order valence-corrected chi connectivity index (χ0v) is 19.6. The summed E-state index contributed by atoms with van der Waals surface area (Å²) < 4.78 is 2.37. The van der Waals surface area contributed by atoms with Gasteiger partial charge in [-0.15, -0.1) is 11.3 Å². The van der Waals surface area contributed by atoms with Gasteiger partial charge in [0, 0.05) is 22.7 Å². The summed E-state index contributed by atoms with van der Waals surface area (Å²) in [5, 5.41) is 4.72. The molecule has 3 heterocycles. The molecule has 32 heavy (non-hydrogen) atoms. The number of hydrogen-bond donors (Lipinski definition) is 1. The molecule has 2 aliphatic carbocycles. The lowest BCUT2D eigenvalue weighted by Crippen LogP contribution is -2.45. The molecule has 1 aliphatic heterocycles. The number of nitrogens with zero attached hydrogens (tertiary/aromatic N) is 2. The summed E-state index contributed by atoms with van der Waals surface area (Å²) in [5.41, 5.74) is 6.50. The van der Waals surface area contributed by atoms with Crippen LogP contribution in [-0.4, -0.2) is 21.5 Å². The maximum absolute atomic E-state index is 13.8. The van der Waals surface area contributed by atoms with Gasteiger partial charge in [0.15, 0.2) is 0 Å². The molecule has 1 fully saturated rings. The minimum Gasteiger partial charge on any atom is -0.335 e. The van der Waals surface area contributed by atoms with Gasteiger partial charge in [-0.3, -0.25) is 0 Å². The van der Waals surface area contributed by atoms with Gasteiger partial charge < -0.3 is 14.8 Å². The fourth-order valence-corrected chi connectivity index (χ4v) is 7.22. The van der Waals surface area contributed by atoms with Crippen molar-refractivity contribution in [3.8, 4) is 5.00 Å². The Morgan fingerprint density at radius 3 is 2.59 bits per heavy atom. The normalized spacial score (nSPS) is 20.4. The van der Waals surface area contributed by atoms with E-state index in [0.29, 0.717) is 12.6 Å². The largest absolute Gasteiger partial charge is 0.335 e. The van der Waals surface area contributed by atoms with Crippen LogP contribution in [0.3, 0.4) is 0 Å². The second-order valence-electron chi connectivity index (χ2n) is 9.67. The highest BCUT2D eigenvalue weighted by atomic mass is 32.1. The van der Waals surface area contributed by atoms with E-state index in [4.69, 9.17) is 0 Å². The van der Waals surface area contributed by atoms with Crippen molar-refractivity contribution in [2.45, 2.75) is 76.9 Å². The number of carbonyl (C=O) groups is 1. The highest BCUT2D eigenvalue weighted by Gasteiger charge is 2.36. The van der Waals surface area contributed by atoms with E-state index in [9.17, 15) is 4.79 Å². The topological polar surface area (TPSA) is 37.3 Å². The SMILES string of the molecule is Cc1ccc([C@@H]2c3cccn3-c3sc4c(c3CN2C(=O)NC2CCCC2)CCCC4)cc1. The first-order chi connectivity index (χ1) is 15.7. The van der Waals surface area contributed by atoms with Crippen molar-refractivity contribution in [2.24, 2.45) is 0 Å². The number of aryl methyl sites for hydroxylation is 2. The molecule has 5 heteroatoms. The summed E-state index contributed by atoms with van der Waals surface area (Å²) >= 11 is 1.95. The second-order valence-corrected chi connectivity index (χ2v) is 10.8. The zero-order valence-electron chi connectivity index (χ0n) is 18.8. The van der Waals surface area contributed by atoms with E-state index < -0.39 is 0 Å². The lowest BCUT2D eigenvalue weighted by molar-refractivity contribution is 0.176. The number of fused-ring (bicyclic) bond motifs is 5. The van der Waals surface area contributed by atoms with Crippen molar-refractivity contribution in [1.29, 1.82) is 0 Å². The number of aromatic nitrogens is 1. The molecule has 0 bridgehead atoms. The molecule has 0 radical (unpaired) electrons. The Bertz CT molecular complexity index is 1140. The van der Waals surface area contributed by atoms with Crippen LogP contribution >= 0.6 is 11.3 Å². The summed E-state index contributed by atoms with van der Waals surface area (Å²) in [7, 11) is 0. The van der Waals surface area contributed by atoms with E-state index >= 15 is 0 Å². The van der Waals surface area contributed by atoms with Gasteiger partial charge in [0.2, 0.25) is 0 Å². The Labute approximate surface area is 194 Å². The quantitative estimate of drug-likeness (QED) is 0.495. The van der Waals surface area contributed by atoms with E-state index in [2.05, 4.69) is 64.3 Å². The lowest BCUT2D eigenvalue weighted by atomic mass is 9.95. The third-order valence-electron chi connectivity index (χ3n) is 7.52. The van der Waals surface area contributed by atoms with Crippen LogP contribution < -0.4 is 5.32 Å². The zero-order chi connectivity index (χ0) is 21.7. The maximum atomic E-state index is 13.8. The van der Waals surface area contributed by atoms with Gasteiger partial charge >= 0.3 is 6.03 Å². The second kappa shape index (κ2) is 8.11. The Morgan fingerprint density at radius 2 is 1.78 bits per heavy atom. The lowest BCUT2D eigenvalue weighted by Gasteiger charge is -2.32. The van der Waals surface area contributed by atoms with E-state index in [-0.39, 0.29) is 12.1 Å². The average molecular weight is 446 g/mol. The molecule has 166 valence electrons. The first-order valence-electron chi connectivity index (χ1n) is 12.1. The highest BCUT2D eigenvalue weighted by molar-refractivity contribution is 7.15. The number of hydrogen-bond acceptors (Lipinski definition) is 2. The highest BCUT2D eigenvalue weighted by Crippen LogP contribution is 2.44. The first kappa shape index (κ1) is 20.1. The Kier molecular flexibility index (Phi) is 5.09. The molecule has 1 atom stereocenters. The monoisotopic (exact) mass is 445 g/mol. The third-order valence-corrected chi connectivity index (χ3v) is 8.85. The van der Waals surface area contributed by atoms with Gasteiger partial charge in [-0.2, -0.15) is 0 Å². The number of carbonyl (C=O) groups excluding carboxylic acids is 1. The fraction of sp³-hybridized carbons (Fsp3) is 0.444. The standard InChI is InChI=1S/C27H31N3OS/c1-18-12-14-19(15-13-18)25-23-10-6-16-29(23)26-22(21-9-4-5-11-24(21)32-26)17-30(25)27(31)28-20-7-2-3-8-20/h6,10,12-16,20,25H,2-5,7-9,11,17H2,1H3,(H,28,31)/t25-/m1/s1. The van der Waals surface area contributed by atoms with Crippen LogP contribution in [0.25, 0.3) is 5.00 Å². The van der Waals surface area contributed by atoms with Crippen molar-refractivity contribution in [3.63, 3.8) is 0 Å². The van der Waals surface area contributed by atoms with Crippen LogP contribution in [0.15, 0.2) is 42.6 Å². The van der Waals surface area contributed by atoms with Crippen molar-refractivity contribution < 1.29 is 4.79 Å². The maximum Gasteiger partial charge on any atom is 0.318 e. The molecule has 0 spiro atoms. The smallest absolute Gasteiger partial charge is 0.318 e. The molecule has 0 unspecified atom stereocenters. The van der Waals surface area contributed by atoms with Crippen LogP contribution in [0.4, 0.5) is 4.79 Å². The predicted molar refractivity (Wildman–Crippen MR) is 130 cm³/mol. The van der Waals surface area contributed by atoms with Gasteiger partial charge in [0.25, 0.3) is 0 Å². The molecule has 1 N–H and O–H groups in total. The number of amides is 2. The molecular formula is C27H31N3OS. The summed E-state index contributed by atoms with van der Waals surface area (Å²) in [6.07, 6.45) is 11.7. The van der Waals surface area contributed by atoms with Gasteiger partial charge in [-0.25, -0.2) is 4.79 Å². The molecule has 3 aromatic rings. The Morgan fingerprint density at radius 1 is 1.00 bits per heavy atom. The molecule has 2 amide bonds. The third kappa shape index (κ3) is 3.38. The molecular weight excluding hydrogens is 414 g/mol. The summed E-state index contributed by atoms with van der Waals surface area (Å²) in [5.74, 6) is 0. The summed E-state index contributed by atoms with van der Waals surface area (Å²) in [6, 6.07) is 13.4. The van der Waals surface area contributed by atoms with Gasteiger partial charge in [-0.05, 0) is 68.7 Å². The number of urea groups is 1. The summed E-state index contributed by atoms with van der Waals surface area (Å²) in [6.45, 7) is 2.80. The Hall–Kier alpha value is -2.53. The molecule has 6 rings (SSSR count). The van der Waals surface area contributed by atoms with Crippen molar-refractivity contribution in [3.05, 3.63) is 75.4 Å². The number of nitrogens with one attached hydrogen (secondary N) is 1. The number of rotatable bonds is 2. The molecule has 1 saturated carbocycles. The van der Waals surface area contributed by atoms with Crippen LogP contribution in [0.2, 0.25) is 0 Å². The van der Waals surface area contributed by atoms with E-state index in [1.807, 2.05) is 11.3 Å². The fourth-order valence-electron chi connectivity index (χ4n) is 5.81. The number of thiophene rings is 1. The Balaban J connectivity index is 1.49. The van der Waals surface area contributed by atoms with E-state index in [1.165, 1.54) is 69.9 Å². The van der Waals surface area contributed by atoms with Crippen LogP contribution in [-0.2, 0) is 19.4 Å². The van der Waals surface area contributed by atoms with Crippen molar-refractivity contribution in [2.75, 3.05) is 0 Å². The minimum atomic E-state index is -0.0918. The molecule has 3 aliphatic rings. The van der Waals surface area contributed by atoms with E-state index in [1.54, 1.807) is 0 Å². The molecule has 1 aromatic carbocycles. The van der Waals surface area contributed by atoms with Gasteiger partial charge in [0.1, 0.15) is 5.00 Å². The first-order valence-corrected chi connectivity index (χ1v) is 13.0. The van der Waals surface area contributed by atoms with Crippen LogP contribution in [0.1, 0.15) is 77.4 Å². The van der Waals surface area contributed by atoms with Gasteiger partial charge in [0.05, 0.1) is 18.3 Å². The molecule has 0 saturated heterocycles. The average Bonchev–Trinajstić information content (AvgIpc) is 3.54. The van der Waals surface area contributed by atoms with Crippen LogP contribution in [0, 0.1) is 6.92 Å². The molecule has 2 aromatic heterocycles. The predicted octanol–water partition coefficient (Wildman–Crippen LogP) is 6.28. The van der Waals surface area contributed by atoms with Crippen LogP contribution in [0.5, 0.6) is 0 Å². The minimum absolute atomic E-state index is 0.0823. The summed E-state index contributed by atoms with van der Waals surface area (Å²) in [4.78, 5) is 17.4. The number of benzene rings is 1. The van der Waals surface area contributed by atoms with E-state index in [0.717, 1.165) is 19.3 Å². The van der Waals surface area contributed by atoms with Crippen molar-refractivity contribution >= 4 is 17.4 Å².